The van der Waals surface area contributed by atoms with Gasteiger partial charge in [0.1, 0.15) is 6.54 Å². The van der Waals surface area contributed by atoms with Gasteiger partial charge in [-0.1, -0.05) is 29.8 Å². The van der Waals surface area contributed by atoms with Gasteiger partial charge in [0.15, 0.2) is 0 Å². The molecule has 3 rings (SSSR count). The Bertz CT molecular complexity index is 1070. The monoisotopic (exact) mass is 364 g/mol. The summed E-state index contributed by atoms with van der Waals surface area (Å²) in [4.78, 5) is 24.2. The lowest BCUT2D eigenvalue weighted by molar-refractivity contribution is -0.117. The van der Waals surface area contributed by atoms with Crippen LogP contribution in [-0.4, -0.2) is 15.7 Å². The SMILES string of the molecule is N#Cc1cccc(NC(=O)Cn2nc(-c3cccc(Cl)c3)ccc2=O)c1. The zero-order valence-electron chi connectivity index (χ0n) is 13.5. The third-order valence-electron chi connectivity index (χ3n) is 3.56. The van der Waals surface area contributed by atoms with Crippen molar-refractivity contribution in [1.29, 1.82) is 5.26 Å². The summed E-state index contributed by atoms with van der Waals surface area (Å²) < 4.78 is 1.08. The molecular formula is C19H13ClN4O2. The fraction of sp³-hybridized carbons (Fsp3) is 0.0526. The van der Waals surface area contributed by atoms with Gasteiger partial charge >= 0.3 is 0 Å². The summed E-state index contributed by atoms with van der Waals surface area (Å²) >= 11 is 5.98. The Labute approximate surface area is 154 Å². The molecule has 128 valence electrons. The standard InChI is InChI=1S/C19H13ClN4O2/c20-15-5-2-4-14(10-15)17-7-8-19(26)24(23-17)12-18(25)22-16-6-1-3-13(9-16)11-21/h1-10H,12H2,(H,22,25). The van der Waals surface area contributed by atoms with Gasteiger partial charge in [-0.15, -0.1) is 0 Å². The second-order valence-corrected chi connectivity index (χ2v) is 5.90. The third kappa shape index (κ3) is 4.15. The van der Waals surface area contributed by atoms with Gasteiger partial charge < -0.3 is 5.32 Å². The van der Waals surface area contributed by atoms with E-state index in [0.717, 1.165) is 10.2 Å². The number of rotatable bonds is 4. The highest BCUT2D eigenvalue weighted by molar-refractivity contribution is 6.30. The van der Waals surface area contributed by atoms with Crippen LogP contribution in [0.4, 0.5) is 5.69 Å². The van der Waals surface area contributed by atoms with Gasteiger partial charge in [0.05, 0.1) is 17.3 Å². The number of carbonyl (C=O) groups excluding carboxylic acids is 1. The average molecular weight is 365 g/mol. The first-order chi connectivity index (χ1) is 12.5. The van der Waals surface area contributed by atoms with Crippen LogP contribution in [0.15, 0.2) is 65.5 Å². The smallest absolute Gasteiger partial charge is 0.267 e. The van der Waals surface area contributed by atoms with Crippen molar-refractivity contribution in [1.82, 2.24) is 9.78 Å². The van der Waals surface area contributed by atoms with E-state index in [0.29, 0.717) is 22.0 Å². The molecule has 0 radical (unpaired) electrons. The van der Waals surface area contributed by atoms with Gasteiger partial charge in [0.25, 0.3) is 5.56 Å². The summed E-state index contributed by atoms with van der Waals surface area (Å²) in [6.45, 7) is -0.246. The first-order valence-electron chi connectivity index (χ1n) is 7.69. The number of aromatic nitrogens is 2. The quantitative estimate of drug-likeness (QED) is 0.770. The van der Waals surface area contributed by atoms with E-state index in [1.165, 1.54) is 6.07 Å². The van der Waals surface area contributed by atoms with E-state index in [2.05, 4.69) is 10.4 Å². The molecular weight excluding hydrogens is 352 g/mol. The highest BCUT2D eigenvalue weighted by Gasteiger charge is 2.09. The molecule has 0 saturated heterocycles. The number of carbonyl (C=O) groups is 1. The van der Waals surface area contributed by atoms with Crippen molar-refractivity contribution < 1.29 is 4.79 Å². The maximum atomic E-state index is 12.2. The van der Waals surface area contributed by atoms with Crippen LogP contribution in [0.3, 0.4) is 0 Å². The minimum Gasteiger partial charge on any atom is -0.324 e. The van der Waals surface area contributed by atoms with Gasteiger partial charge in [-0.05, 0) is 36.4 Å². The zero-order valence-corrected chi connectivity index (χ0v) is 14.3. The molecule has 0 bridgehead atoms. The summed E-state index contributed by atoms with van der Waals surface area (Å²) in [6, 6.07) is 18.5. The van der Waals surface area contributed by atoms with Gasteiger partial charge in [0.2, 0.25) is 5.91 Å². The van der Waals surface area contributed by atoms with Gasteiger partial charge in [-0.25, -0.2) is 4.68 Å². The zero-order chi connectivity index (χ0) is 18.5. The van der Waals surface area contributed by atoms with Crippen molar-refractivity contribution in [2.24, 2.45) is 0 Å². The number of nitrogens with one attached hydrogen (secondary N) is 1. The van der Waals surface area contributed by atoms with E-state index in [4.69, 9.17) is 16.9 Å². The van der Waals surface area contributed by atoms with E-state index >= 15 is 0 Å². The predicted octanol–water partition coefficient (Wildman–Crippen LogP) is 3.07. The van der Waals surface area contributed by atoms with Gasteiger partial charge in [-0.2, -0.15) is 10.4 Å². The second-order valence-electron chi connectivity index (χ2n) is 5.47. The van der Waals surface area contributed by atoms with Crippen molar-refractivity contribution in [2.45, 2.75) is 6.54 Å². The molecule has 0 spiro atoms. The van der Waals surface area contributed by atoms with Crippen molar-refractivity contribution in [3.05, 3.63) is 81.6 Å². The second kappa shape index (κ2) is 7.64. The highest BCUT2D eigenvalue weighted by atomic mass is 35.5. The Morgan fingerprint density at radius 1 is 1.15 bits per heavy atom. The molecule has 7 heteroatoms. The molecule has 0 saturated carbocycles. The lowest BCUT2D eigenvalue weighted by Gasteiger charge is -2.08. The lowest BCUT2D eigenvalue weighted by atomic mass is 10.1. The van der Waals surface area contributed by atoms with E-state index in [9.17, 15) is 9.59 Å². The first kappa shape index (κ1) is 17.4. The van der Waals surface area contributed by atoms with Crippen LogP contribution in [0.5, 0.6) is 0 Å². The van der Waals surface area contributed by atoms with E-state index in [-0.39, 0.29) is 6.54 Å². The number of hydrogen-bond donors (Lipinski definition) is 1. The Morgan fingerprint density at radius 3 is 2.73 bits per heavy atom. The molecule has 0 aliphatic carbocycles. The Kier molecular flexibility index (Phi) is 5.11. The Morgan fingerprint density at radius 2 is 1.96 bits per heavy atom. The summed E-state index contributed by atoms with van der Waals surface area (Å²) in [7, 11) is 0. The van der Waals surface area contributed by atoms with Crippen LogP contribution in [0.1, 0.15) is 5.56 Å². The number of hydrogen-bond acceptors (Lipinski definition) is 4. The van der Waals surface area contributed by atoms with E-state index in [1.54, 1.807) is 48.5 Å². The number of benzene rings is 2. The number of nitrogens with zero attached hydrogens (tertiary/aromatic N) is 3. The lowest BCUT2D eigenvalue weighted by Crippen LogP contribution is -2.29. The fourth-order valence-corrected chi connectivity index (χ4v) is 2.56. The molecule has 3 aromatic rings. The Balaban J connectivity index is 1.81. The first-order valence-corrected chi connectivity index (χ1v) is 8.07. The van der Waals surface area contributed by atoms with Crippen LogP contribution in [0, 0.1) is 11.3 Å². The van der Waals surface area contributed by atoms with Crippen LogP contribution >= 0.6 is 11.6 Å². The predicted molar refractivity (Wildman–Crippen MR) is 98.7 cm³/mol. The van der Waals surface area contributed by atoms with Crippen LogP contribution < -0.4 is 10.9 Å². The molecule has 0 aliphatic heterocycles. The molecule has 1 amide bonds. The molecule has 0 atom stereocenters. The summed E-state index contributed by atoms with van der Waals surface area (Å²) in [5.41, 5.74) is 1.80. The number of halogens is 1. The molecule has 1 N–H and O–H groups in total. The normalized spacial score (nSPS) is 10.2. The van der Waals surface area contributed by atoms with Crippen molar-refractivity contribution >= 4 is 23.2 Å². The number of anilines is 1. The molecule has 1 heterocycles. The maximum absolute atomic E-state index is 12.2. The molecule has 0 unspecified atom stereocenters. The van der Waals surface area contributed by atoms with Gasteiger partial charge in [0, 0.05) is 22.3 Å². The third-order valence-corrected chi connectivity index (χ3v) is 3.79. The average Bonchev–Trinajstić information content (AvgIpc) is 2.63. The molecule has 6 nitrogen and oxygen atoms in total. The van der Waals surface area contributed by atoms with E-state index in [1.807, 2.05) is 12.1 Å². The topological polar surface area (TPSA) is 87.8 Å². The summed E-state index contributed by atoms with van der Waals surface area (Å²) in [6.07, 6.45) is 0. The number of amides is 1. The molecule has 0 aliphatic rings. The maximum Gasteiger partial charge on any atom is 0.267 e. The van der Waals surface area contributed by atoms with Crippen molar-refractivity contribution in [3.63, 3.8) is 0 Å². The summed E-state index contributed by atoms with van der Waals surface area (Å²) in [5.74, 6) is -0.419. The molecule has 1 aromatic heterocycles. The van der Waals surface area contributed by atoms with Crippen molar-refractivity contribution in [2.75, 3.05) is 5.32 Å². The largest absolute Gasteiger partial charge is 0.324 e. The highest BCUT2D eigenvalue weighted by Crippen LogP contribution is 2.19. The fourth-order valence-electron chi connectivity index (χ4n) is 2.37. The van der Waals surface area contributed by atoms with Crippen LogP contribution in [0.2, 0.25) is 5.02 Å². The summed E-state index contributed by atoms with van der Waals surface area (Å²) in [5, 5.41) is 16.3. The minimum absolute atomic E-state index is 0.246. The van der Waals surface area contributed by atoms with E-state index < -0.39 is 11.5 Å². The van der Waals surface area contributed by atoms with Gasteiger partial charge in [-0.3, -0.25) is 9.59 Å². The van der Waals surface area contributed by atoms with Crippen LogP contribution in [-0.2, 0) is 11.3 Å². The Hall–Kier alpha value is -3.43. The molecule has 0 fully saturated rings. The minimum atomic E-state index is -0.419. The number of nitriles is 1. The van der Waals surface area contributed by atoms with Crippen molar-refractivity contribution in [3.8, 4) is 17.3 Å². The van der Waals surface area contributed by atoms with Crippen LogP contribution in [0.25, 0.3) is 11.3 Å². The molecule has 2 aromatic carbocycles. The molecule has 26 heavy (non-hydrogen) atoms.